The number of halogens is 1. The molecule has 0 aliphatic heterocycles. The smallest absolute Gasteiger partial charge is 0.0540 e. The summed E-state index contributed by atoms with van der Waals surface area (Å²) in [5, 5.41) is 9.52. The Labute approximate surface area is 106 Å². The molecule has 0 bridgehead atoms. The summed E-state index contributed by atoms with van der Waals surface area (Å²) in [7, 11) is 0. The molecule has 0 aromatic carbocycles. The van der Waals surface area contributed by atoms with Gasteiger partial charge in [0.1, 0.15) is 0 Å². The Morgan fingerprint density at radius 2 is 1.12 bits per heavy atom. The van der Waals surface area contributed by atoms with Gasteiger partial charge in [0.05, 0.1) is 6.10 Å². The van der Waals surface area contributed by atoms with Crippen LogP contribution in [0.1, 0.15) is 65.2 Å². The topological polar surface area (TPSA) is 20.2 Å². The van der Waals surface area contributed by atoms with Crippen LogP contribution >= 0.6 is 11.6 Å². The van der Waals surface area contributed by atoms with Crippen LogP contribution in [0.3, 0.4) is 0 Å². The lowest BCUT2D eigenvalue weighted by atomic mass is 9.89. The van der Waals surface area contributed by atoms with Gasteiger partial charge in [-0.1, -0.05) is 13.8 Å². The molecule has 16 heavy (non-hydrogen) atoms. The van der Waals surface area contributed by atoms with Crippen molar-refractivity contribution >= 4 is 11.6 Å². The first-order chi connectivity index (χ1) is 7.58. The van der Waals surface area contributed by atoms with Crippen molar-refractivity contribution in [1.82, 2.24) is 0 Å². The number of rotatable bonds is 0. The minimum absolute atomic E-state index is 0.0196. The van der Waals surface area contributed by atoms with Crippen molar-refractivity contribution in [3.8, 4) is 0 Å². The van der Waals surface area contributed by atoms with Crippen LogP contribution in [0.5, 0.6) is 0 Å². The van der Waals surface area contributed by atoms with Gasteiger partial charge in [-0.2, -0.15) is 0 Å². The third-order valence-electron chi connectivity index (χ3n) is 3.93. The van der Waals surface area contributed by atoms with Crippen molar-refractivity contribution in [1.29, 1.82) is 0 Å². The molecule has 1 N–H and O–H groups in total. The maximum atomic E-state index is 9.03. The second kappa shape index (κ2) is 7.55. The van der Waals surface area contributed by atoms with Gasteiger partial charge in [-0.05, 0) is 63.2 Å². The summed E-state index contributed by atoms with van der Waals surface area (Å²) in [6.07, 6.45) is 9.68. The molecule has 0 aromatic rings. The van der Waals surface area contributed by atoms with Crippen LogP contribution in [0.25, 0.3) is 0 Å². The zero-order valence-corrected chi connectivity index (χ0v) is 11.5. The Balaban J connectivity index is 0.000000160. The van der Waals surface area contributed by atoms with E-state index < -0.39 is 0 Å². The zero-order chi connectivity index (χ0) is 12.0. The Morgan fingerprint density at radius 3 is 1.44 bits per heavy atom. The second-order valence-electron chi connectivity index (χ2n) is 5.77. The largest absolute Gasteiger partial charge is 0.393 e. The van der Waals surface area contributed by atoms with E-state index in [4.69, 9.17) is 16.7 Å². The van der Waals surface area contributed by atoms with Crippen molar-refractivity contribution in [2.75, 3.05) is 0 Å². The van der Waals surface area contributed by atoms with Gasteiger partial charge >= 0.3 is 0 Å². The summed E-state index contributed by atoms with van der Waals surface area (Å²) in [5.74, 6) is 1.79. The average molecular weight is 247 g/mol. The summed E-state index contributed by atoms with van der Waals surface area (Å²) in [6.45, 7) is 4.56. The third kappa shape index (κ3) is 6.10. The van der Waals surface area contributed by atoms with E-state index in [1.54, 1.807) is 0 Å². The van der Waals surface area contributed by atoms with E-state index in [-0.39, 0.29) is 6.10 Å². The second-order valence-corrected chi connectivity index (χ2v) is 6.39. The fourth-order valence-corrected chi connectivity index (χ4v) is 2.71. The molecule has 1 nitrogen and oxygen atoms in total. The van der Waals surface area contributed by atoms with E-state index in [2.05, 4.69) is 13.8 Å². The highest BCUT2D eigenvalue weighted by atomic mass is 35.5. The van der Waals surface area contributed by atoms with Gasteiger partial charge in [-0.3, -0.25) is 0 Å². The first kappa shape index (κ1) is 14.3. The first-order valence-corrected chi connectivity index (χ1v) is 7.33. The summed E-state index contributed by atoms with van der Waals surface area (Å²) >= 11 is 5.88. The van der Waals surface area contributed by atoms with E-state index in [1.807, 2.05) is 0 Å². The monoisotopic (exact) mass is 246 g/mol. The maximum absolute atomic E-state index is 9.03. The fourth-order valence-electron chi connectivity index (χ4n) is 2.46. The highest BCUT2D eigenvalue weighted by Crippen LogP contribution is 2.26. The molecular weight excluding hydrogens is 220 g/mol. The van der Waals surface area contributed by atoms with Crippen molar-refractivity contribution in [2.45, 2.75) is 76.7 Å². The molecule has 2 rings (SSSR count). The van der Waals surface area contributed by atoms with Gasteiger partial charge in [0.2, 0.25) is 0 Å². The molecule has 0 aromatic heterocycles. The van der Waals surface area contributed by atoms with Crippen molar-refractivity contribution in [3.63, 3.8) is 0 Å². The third-order valence-corrected chi connectivity index (χ3v) is 4.37. The highest BCUT2D eigenvalue weighted by Gasteiger charge is 2.15. The number of alkyl halides is 1. The number of hydrogen-bond acceptors (Lipinski definition) is 1. The predicted octanol–water partition coefficient (Wildman–Crippen LogP) is 4.36. The predicted molar refractivity (Wildman–Crippen MR) is 70.9 cm³/mol. The van der Waals surface area contributed by atoms with Crippen molar-refractivity contribution < 1.29 is 5.11 Å². The van der Waals surface area contributed by atoms with Crippen molar-refractivity contribution in [3.05, 3.63) is 0 Å². The molecule has 2 fully saturated rings. The van der Waals surface area contributed by atoms with Gasteiger partial charge in [0.15, 0.2) is 0 Å². The standard InChI is InChI=1S/C7H13Cl.C7H14O/c2*1-6-2-4-7(8)5-3-6/h6-7H,2-5H2,1H3;6-8H,2-5H2,1H3. The maximum Gasteiger partial charge on any atom is 0.0540 e. The van der Waals surface area contributed by atoms with Crippen molar-refractivity contribution in [2.24, 2.45) is 11.8 Å². The molecule has 0 heterocycles. The first-order valence-electron chi connectivity index (χ1n) is 6.90. The van der Waals surface area contributed by atoms with Crippen LogP contribution in [0.4, 0.5) is 0 Å². The van der Waals surface area contributed by atoms with Gasteiger partial charge in [0.25, 0.3) is 0 Å². The van der Waals surface area contributed by atoms with E-state index in [1.165, 1.54) is 38.5 Å². The van der Waals surface area contributed by atoms with Crippen LogP contribution in [0.2, 0.25) is 0 Å². The normalized spacial score (nSPS) is 39.8. The highest BCUT2D eigenvalue weighted by molar-refractivity contribution is 6.20. The molecule has 0 amide bonds. The minimum atomic E-state index is 0.0196. The Kier molecular flexibility index (Phi) is 6.75. The Morgan fingerprint density at radius 1 is 0.750 bits per heavy atom. The van der Waals surface area contributed by atoms with Crippen LogP contribution in [0, 0.1) is 11.8 Å². The summed E-state index contributed by atoms with van der Waals surface area (Å²) in [5.41, 5.74) is 0. The fraction of sp³-hybridized carbons (Fsp3) is 1.00. The van der Waals surface area contributed by atoms with Crippen LogP contribution in [-0.4, -0.2) is 16.6 Å². The van der Waals surface area contributed by atoms with E-state index in [0.29, 0.717) is 5.38 Å². The molecule has 2 saturated carbocycles. The van der Waals surface area contributed by atoms with Crippen LogP contribution in [-0.2, 0) is 0 Å². The Hall–Kier alpha value is 0.250. The quantitative estimate of drug-likeness (QED) is 0.630. The molecule has 0 radical (unpaired) electrons. The van der Waals surface area contributed by atoms with Crippen LogP contribution in [0.15, 0.2) is 0 Å². The molecule has 0 saturated heterocycles. The average Bonchev–Trinajstić information content (AvgIpc) is 2.28. The number of aliphatic hydroxyl groups excluding tert-OH is 1. The molecule has 96 valence electrons. The van der Waals surface area contributed by atoms with Gasteiger partial charge in [0, 0.05) is 5.38 Å². The van der Waals surface area contributed by atoms with E-state index >= 15 is 0 Å². The van der Waals surface area contributed by atoms with Gasteiger partial charge in [-0.15, -0.1) is 11.6 Å². The summed E-state index contributed by atoms with van der Waals surface area (Å²) < 4.78 is 0. The molecule has 0 unspecified atom stereocenters. The van der Waals surface area contributed by atoms with Gasteiger partial charge in [-0.25, -0.2) is 0 Å². The van der Waals surface area contributed by atoms with E-state index in [9.17, 15) is 0 Å². The van der Waals surface area contributed by atoms with Gasteiger partial charge < -0.3 is 5.11 Å². The molecule has 0 atom stereocenters. The zero-order valence-electron chi connectivity index (χ0n) is 10.8. The lowest BCUT2D eigenvalue weighted by Gasteiger charge is -2.21. The molecule has 2 aliphatic carbocycles. The molecule has 0 spiro atoms. The SMILES string of the molecule is CC1CCC(Cl)CC1.CC1CCC(O)CC1. The number of hydrogen-bond donors (Lipinski definition) is 1. The van der Waals surface area contributed by atoms with Crippen LogP contribution < -0.4 is 0 Å². The minimum Gasteiger partial charge on any atom is -0.393 e. The summed E-state index contributed by atoms with van der Waals surface area (Å²) in [4.78, 5) is 0. The number of aliphatic hydroxyl groups is 1. The van der Waals surface area contributed by atoms with E-state index in [0.717, 1.165) is 24.7 Å². The lowest BCUT2D eigenvalue weighted by Crippen LogP contribution is -2.15. The Bertz CT molecular complexity index is 128. The molecular formula is C14H27ClO. The molecule has 2 aliphatic rings. The molecule has 2 heteroatoms. The summed E-state index contributed by atoms with van der Waals surface area (Å²) in [6, 6.07) is 0. The lowest BCUT2D eigenvalue weighted by molar-refractivity contribution is 0.112.